The molecule has 0 amide bonds. The van der Waals surface area contributed by atoms with Gasteiger partial charge in [0.15, 0.2) is 0 Å². The maximum atomic E-state index is 6.69. The summed E-state index contributed by atoms with van der Waals surface area (Å²) in [6, 6.07) is 39.8. The van der Waals surface area contributed by atoms with Crippen LogP contribution < -0.4 is 10.6 Å². The normalized spacial score (nSPS) is 22.8. The fourth-order valence-corrected chi connectivity index (χ4v) is 8.35. The number of hydrogen-bond acceptors (Lipinski definition) is 3. The molecular formula is C31H27N2OP. The number of hydrogen-bond donors (Lipinski definition) is 0. The van der Waals surface area contributed by atoms with Crippen LogP contribution in [0, 0.1) is 0 Å². The number of fused-ring (bicyclic) bond motifs is 4. The van der Waals surface area contributed by atoms with Crippen LogP contribution in [0.1, 0.15) is 28.3 Å². The van der Waals surface area contributed by atoms with Crippen molar-refractivity contribution in [2.24, 2.45) is 4.99 Å². The van der Waals surface area contributed by atoms with Gasteiger partial charge in [-0.05, 0) is 39.3 Å². The summed E-state index contributed by atoms with van der Waals surface area (Å²) in [5.41, 5.74) is 5.54. The molecule has 35 heavy (non-hydrogen) atoms. The molecule has 4 aromatic rings. The molecule has 0 spiro atoms. The second-order valence-corrected chi connectivity index (χ2v) is 11.7. The minimum absolute atomic E-state index is 0.120. The van der Waals surface area contributed by atoms with E-state index < -0.39 is 8.07 Å². The lowest BCUT2D eigenvalue weighted by Crippen LogP contribution is -2.46. The Morgan fingerprint density at radius 1 is 0.657 bits per heavy atom. The average Bonchev–Trinajstić information content (AvgIpc) is 3.48. The van der Waals surface area contributed by atoms with Crippen LogP contribution in [0.15, 0.2) is 114 Å². The van der Waals surface area contributed by atoms with Crippen molar-refractivity contribution in [3.8, 4) is 0 Å². The SMILES string of the molecule is c1ccc(P(c2ccccc2)N2Cc3ccccc3C[C@H]2C2=N[C@H]3c4ccccc4C[C@H]3O2)cc1. The molecule has 0 aromatic heterocycles. The Kier molecular flexibility index (Phi) is 5.26. The van der Waals surface area contributed by atoms with Crippen LogP contribution in [0.3, 0.4) is 0 Å². The van der Waals surface area contributed by atoms with Crippen LogP contribution in [-0.4, -0.2) is 22.7 Å². The molecule has 0 saturated carbocycles. The lowest BCUT2D eigenvalue weighted by atomic mass is 9.96. The predicted octanol–water partition coefficient (Wildman–Crippen LogP) is 5.56. The summed E-state index contributed by atoms with van der Waals surface area (Å²) in [6.45, 7) is 0.893. The summed E-state index contributed by atoms with van der Waals surface area (Å²) in [5, 5.41) is 2.73. The van der Waals surface area contributed by atoms with E-state index in [0.29, 0.717) is 0 Å². The molecule has 172 valence electrons. The highest BCUT2D eigenvalue weighted by Gasteiger charge is 2.45. The second kappa shape index (κ2) is 8.75. The molecule has 1 aliphatic carbocycles. The van der Waals surface area contributed by atoms with Crippen molar-refractivity contribution in [2.75, 3.05) is 0 Å². The third-order valence-electron chi connectivity index (χ3n) is 7.45. The first-order valence-corrected chi connectivity index (χ1v) is 13.7. The van der Waals surface area contributed by atoms with Crippen LogP contribution in [0.2, 0.25) is 0 Å². The topological polar surface area (TPSA) is 24.8 Å². The molecule has 3 atom stereocenters. The summed E-state index contributed by atoms with van der Waals surface area (Å²) in [4.78, 5) is 5.27. The molecule has 0 bridgehead atoms. The molecule has 0 saturated heterocycles. The highest BCUT2D eigenvalue weighted by atomic mass is 31.1. The minimum Gasteiger partial charge on any atom is -0.473 e. The Balaban J connectivity index is 1.33. The maximum absolute atomic E-state index is 6.69. The van der Waals surface area contributed by atoms with Crippen LogP contribution in [0.5, 0.6) is 0 Å². The molecule has 3 nitrogen and oxygen atoms in total. The summed E-state index contributed by atoms with van der Waals surface area (Å²) >= 11 is 0. The lowest BCUT2D eigenvalue weighted by molar-refractivity contribution is 0.186. The van der Waals surface area contributed by atoms with Gasteiger partial charge in [0.05, 0.1) is 6.04 Å². The highest BCUT2D eigenvalue weighted by molar-refractivity contribution is 7.70. The Morgan fingerprint density at radius 2 is 1.26 bits per heavy atom. The van der Waals surface area contributed by atoms with E-state index in [1.54, 1.807) is 0 Å². The Labute approximate surface area is 207 Å². The monoisotopic (exact) mass is 474 g/mol. The molecule has 0 fully saturated rings. The van der Waals surface area contributed by atoms with Crippen LogP contribution in [-0.2, 0) is 24.1 Å². The van der Waals surface area contributed by atoms with Crippen molar-refractivity contribution in [3.63, 3.8) is 0 Å². The summed E-state index contributed by atoms with van der Waals surface area (Å²) in [6.07, 6.45) is 2.00. The number of rotatable bonds is 4. The largest absolute Gasteiger partial charge is 0.473 e. The molecule has 3 aliphatic rings. The van der Waals surface area contributed by atoms with Gasteiger partial charge in [-0.1, -0.05) is 109 Å². The molecule has 4 heteroatoms. The number of ether oxygens (including phenoxy) is 1. The fourth-order valence-electron chi connectivity index (χ4n) is 5.80. The molecule has 0 radical (unpaired) electrons. The van der Waals surface area contributed by atoms with Crippen LogP contribution in [0.25, 0.3) is 0 Å². The zero-order valence-electron chi connectivity index (χ0n) is 19.5. The zero-order chi connectivity index (χ0) is 23.2. The van der Waals surface area contributed by atoms with Gasteiger partial charge < -0.3 is 4.74 Å². The van der Waals surface area contributed by atoms with Crippen molar-refractivity contribution >= 4 is 24.6 Å². The predicted molar refractivity (Wildman–Crippen MR) is 144 cm³/mol. The van der Waals surface area contributed by atoms with E-state index in [0.717, 1.165) is 25.3 Å². The Morgan fingerprint density at radius 3 is 1.97 bits per heavy atom. The Bertz CT molecular complexity index is 1350. The van der Waals surface area contributed by atoms with Gasteiger partial charge in [-0.3, -0.25) is 4.67 Å². The van der Waals surface area contributed by atoms with E-state index in [1.807, 2.05) is 0 Å². The standard InChI is InChI=1S/C31H27N2OP/c1-3-14-25(15-4-1)35(26-16-5-2-6-17-26)33-21-24-13-8-7-11-22(24)19-28(33)31-32-30-27-18-10-9-12-23(27)20-29(30)34-31/h1-18,28-30H,19-21H2/t28-,29+,30-/m0/s1. The molecule has 2 heterocycles. The van der Waals surface area contributed by atoms with Crippen molar-refractivity contribution < 1.29 is 4.74 Å². The van der Waals surface area contributed by atoms with Gasteiger partial charge in [-0.15, -0.1) is 0 Å². The lowest BCUT2D eigenvalue weighted by Gasteiger charge is -2.41. The molecule has 4 aromatic carbocycles. The second-order valence-electron chi connectivity index (χ2n) is 9.54. The van der Waals surface area contributed by atoms with Gasteiger partial charge in [0.1, 0.15) is 12.1 Å². The smallest absolute Gasteiger partial charge is 0.202 e. The van der Waals surface area contributed by atoms with Gasteiger partial charge >= 0.3 is 0 Å². The summed E-state index contributed by atoms with van der Waals surface area (Å²) in [5.74, 6) is 0.920. The van der Waals surface area contributed by atoms with Gasteiger partial charge in [0.2, 0.25) is 5.90 Å². The first-order valence-electron chi connectivity index (χ1n) is 12.4. The summed E-state index contributed by atoms with van der Waals surface area (Å²) in [7, 11) is -0.744. The maximum Gasteiger partial charge on any atom is 0.202 e. The summed E-state index contributed by atoms with van der Waals surface area (Å²) < 4.78 is 9.37. The van der Waals surface area contributed by atoms with E-state index in [2.05, 4.69) is 114 Å². The molecule has 0 N–H and O–H groups in total. The van der Waals surface area contributed by atoms with Gasteiger partial charge in [0, 0.05) is 21.0 Å². The van der Waals surface area contributed by atoms with Crippen LogP contribution >= 0.6 is 8.07 Å². The van der Waals surface area contributed by atoms with E-state index in [1.165, 1.54) is 32.9 Å². The third kappa shape index (κ3) is 3.71. The van der Waals surface area contributed by atoms with E-state index in [9.17, 15) is 0 Å². The van der Waals surface area contributed by atoms with Gasteiger partial charge in [0.25, 0.3) is 0 Å². The zero-order valence-corrected chi connectivity index (χ0v) is 20.4. The first-order chi connectivity index (χ1) is 17.3. The quantitative estimate of drug-likeness (QED) is 0.362. The van der Waals surface area contributed by atoms with Crippen molar-refractivity contribution in [3.05, 3.63) is 131 Å². The molecule has 2 aliphatic heterocycles. The van der Waals surface area contributed by atoms with E-state index in [4.69, 9.17) is 9.73 Å². The van der Waals surface area contributed by atoms with Crippen LogP contribution in [0.4, 0.5) is 0 Å². The minimum atomic E-state index is -0.744. The third-order valence-corrected chi connectivity index (χ3v) is 9.96. The molecular weight excluding hydrogens is 447 g/mol. The Hall–Kier alpha value is -3.26. The van der Waals surface area contributed by atoms with E-state index >= 15 is 0 Å². The highest BCUT2D eigenvalue weighted by Crippen LogP contribution is 2.47. The van der Waals surface area contributed by atoms with Crippen molar-refractivity contribution in [1.82, 2.24) is 4.67 Å². The number of aliphatic imine (C=N–C) groups is 1. The van der Waals surface area contributed by atoms with Crippen molar-refractivity contribution in [2.45, 2.75) is 37.6 Å². The first kappa shape index (κ1) is 21.1. The van der Waals surface area contributed by atoms with E-state index in [-0.39, 0.29) is 18.2 Å². The molecule has 7 rings (SSSR count). The average molecular weight is 475 g/mol. The number of nitrogens with zero attached hydrogens (tertiary/aromatic N) is 2. The number of benzene rings is 4. The molecule has 0 unspecified atom stereocenters. The van der Waals surface area contributed by atoms with Gasteiger partial charge in [-0.25, -0.2) is 4.99 Å². The van der Waals surface area contributed by atoms with Gasteiger partial charge in [-0.2, -0.15) is 0 Å². The van der Waals surface area contributed by atoms with Crippen molar-refractivity contribution in [1.29, 1.82) is 0 Å². The fraction of sp³-hybridized carbons (Fsp3) is 0.194.